The van der Waals surface area contributed by atoms with Crippen molar-refractivity contribution in [2.24, 2.45) is 7.05 Å². The minimum absolute atomic E-state index is 0.652. The van der Waals surface area contributed by atoms with Crippen LogP contribution in [0.4, 0.5) is 0 Å². The molecule has 0 amide bonds. The van der Waals surface area contributed by atoms with Gasteiger partial charge in [0.2, 0.25) is 0 Å². The van der Waals surface area contributed by atoms with Crippen molar-refractivity contribution in [2.75, 3.05) is 7.11 Å². The Kier molecular flexibility index (Phi) is 4.23. The topological polar surface area (TPSA) is 39.1 Å². The molecule has 0 fully saturated rings. The number of rotatable bonds is 5. The summed E-state index contributed by atoms with van der Waals surface area (Å²) in [5.41, 5.74) is 1.97. The largest absolute Gasteiger partial charge is 0.496 e. The van der Waals surface area contributed by atoms with Gasteiger partial charge in [-0.05, 0) is 18.2 Å². The average Bonchev–Trinajstić information content (AvgIpc) is 2.77. The minimum Gasteiger partial charge on any atom is -0.496 e. The van der Waals surface area contributed by atoms with E-state index in [0.29, 0.717) is 18.1 Å². The van der Waals surface area contributed by atoms with Crippen LogP contribution in [0.2, 0.25) is 5.02 Å². The smallest absolute Gasteiger partial charge is 0.124 e. The van der Waals surface area contributed by atoms with E-state index in [-0.39, 0.29) is 0 Å². The molecular formula is C13H16ClN3O. The first-order chi connectivity index (χ1) is 8.70. The number of hydrogen-bond donors (Lipinski definition) is 1. The maximum atomic E-state index is 6.15. The maximum Gasteiger partial charge on any atom is 0.124 e. The summed E-state index contributed by atoms with van der Waals surface area (Å²) in [7, 11) is 3.55. The summed E-state index contributed by atoms with van der Waals surface area (Å²) in [6.07, 6.45) is 1.92. The van der Waals surface area contributed by atoms with Gasteiger partial charge in [0.25, 0.3) is 0 Å². The number of hydrogen-bond acceptors (Lipinski definition) is 3. The molecule has 0 saturated heterocycles. The molecule has 0 aliphatic rings. The highest BCUT2D eigenvalue weighted by atomic mass is 35.5. The molecule has 1 N–H and O–H groups in total. The lowest BCUT2D eigenvalue weighted by atomic mass is 10.2. The van der Waals surface area contributed by atoms with Gasteiger partial charge in [-0.2, -0.15) is 5.10 Å². The van der Waals surface area contributed by atoms with Crippen LogP contribution >= 0.6 is 11.6 Å². The number of benzene rings is 1. The zero-order chi connectivity index (χ0) is 13.0. The second-order valence-electron chi connectivity index (χ2n) is 4.00. The lowest BCUT2D eigenvalue weighted by Gasteiger charge is -2.10. The molecular weight excluding hydrogens is 250 g/mol. The lowest BCUT2D eigenvalue weighted by Crippen LogP contribution is -2.14. The van der Waals surface area contributed by atoms with Gasteiger partial charge in [0, 0.05) is 36.9 Å². The van der Waals surface area contributed by atoms with Crippen molar-refractivity contribution in [2.45, 2.75) is 13.1 Å². The van der Waals surface area contributed by atoms with Crippen LogP contribution in [0.25, 0.3) is 0 Å². The van der Waals surface area contributed by atoms with Crippen molar-refractivity contribution in [3.63, 3.8) is 0 Å². The Bertz CT molecular complexity index is 525. The number of aryl methyl sites for hydroxylation is 1. The predicted octanol–water partition coefficient (Wildman–Crippen LogP) is 2.37. The van der Waals surface area contributed by atoms with E-state index in [9.17, 15) is 0 Å². The molecule has 96 valence electrons. The molecule has 0 spiro atoms. The number of nitrogens with zero attached hydrogens (tertiary/aromatic N) is 2. The van der Waals surface area contributed by atoms with Gasteiger partial charge in [0.05, 0.1) is 12.8 Å². The third kappa shape index (κ3) is 3.03. The number of halogens is 1. The fourth-order valence-electron chi connectivity index (χ4n) is 1.77. The normalized spacial score (nSPS) is 10.6. The van der Waals surface area contributed by atoms with Gasteiger partial charge in [-0.1, -0.05) is 17.7 Å². The average molecular weight is 266 g/mol. The maximum absolute atomic E-state index is 6.15. The Balaban J connectivity index is 1.98. The van der Waals surface area contributed by atoms with Gasteiger partial charge in [-0.15, -0.1) is 0 Å². The summed E-state index contributed by atoms with van der Waals surface area (Å²) in [6.45, 7) is 1.36. The molecule has 4 nitrogen and oxygen atoms in total. The Morgan fingerprint density at radius 2 is 2.17 bits per heavy atom. The van der Waals surface area contributed by atoms with E-state index in [1.165, 1.54) is 0 Å². The highest BCUT2D eigenvalue weighted by Crippen LogP contribution is 2.25. The molecule has 0 aliphatic carbocycles. The van der Waals surface area contributed by atoms with Crippen molar-refractivity contribution in [1.82, 2.24) is 15.1 Å². The zero-order valence-electron chi connectivity index (χ0n) is 10.5. The SMILES string of the molecule is COc1cccc(Cl)c1CNCc1ccn(C)n1. The lowest BCUT2D eigenvalue weighted by molar-refractivity contribution is 0.407. The van der Waals surface area contributed by atoms with Gasteiger partial charge in [0.15, 0.2) is 0 Å². The van der Waals surface area contributed by atoms with E-state index in [4.69, 9.17) is 16.3 Å². The van der Waals surface area contributed by atoms with E-state index in [1.807, 2.05) is 37.5 Å². The number of ether oxygens (including phenoxy) is 1. The molecule has 2 rings (SSSR count). The summed E-state index contributed by atoms with van der Waals surface area (Å²) in [4.78, 5) is 0. The zero-order valence-corrected chi connectivity index (χ0v) is 11.2. The first kappa shape index (κ1) is 12.9. The van der Waals surface area contributed by atoms with E-state index in [0.717, 1.165) is 17.0 Å². The van der Waals surface area contributed by atoms with E-state index >= 15 is 0 Å². The highest BCUT2D eigenvalue weighted by Gasteiger charge is 2.07. The van der Waals surface area contributed by atoms with Crippen molar-refractivity contribution in [3.8, 4) is 5.75 Å². The van der Waals surface area contributed by atoms with Gasteiger partial charge in [-0.25, -0.2) is 0 Å². The second kappa shape index (κ2) is 5.89. The molecule has 0 bridgehead atoms. The van der Waals surface area contributed by atoms with E-state index < -0.39 is 0 Å². The first-order valence-electron chi connectivity index (χ1n) is 5.71. The van der Waals surface area contributed by atoms with Crippen LogP contribution in [0.5, 0.6) is 5.75 Å². The Labute approximate surface area is 112 Å². The summed E-state index contributed by atoms with van der Waals surface area (Å²) < 4.78 is 7.07. The Morgan fingerprint density at radius 3 is 2.83 bits per heavy atom. The van der Waals surface area contributed by atoms with Gasteiger partial charge >= 0.3 is 0 Å². The Hall–Kier alpha value is -1.52. The van der Waals surface area contributed by atoms with E-state index in [1.54, 1.807) is 11.8 Å². The van der Waals surface area contributed by atoms with Crippen molar-refractivity contribution in [3.05, 3.63) is 46.7 Å². The number of aromatic nitrogens is 2. The molecule has 0 saturated carbocycles. The fraction of sp³-hybridized carbons (Fsp3) is 0.308. The molecule has 1 aromatic carbocycles. The third-order valence-corrected chi connectivity index (χ3v) is 3.03. The second-order valence-corrected chi connectivity index (χ2v) is 4.41. The highest BCUT2D eigenvalue weighted by molar-refractivity contribution is 6.31. The van der Waals surface area contributed by atoms with Crippen LogP contribution in [-0.4, -0.2) is 16.9 Å². The standard InChI is InChI=1S/C13H16ClN3O/c1-17-7-6-10(16-17)8-15-9-11-12(14)4-3-5-13(11)18-2/h3-7,15H,8-9H2,1-2H3. The fourth-order valence-corrected chi connectivity index (χ4v) is 2.01. The van der Waals surface area contributed by atoms with Gasteiger partial charge in [-0.3, -0.25) is 4.68 Å². The van der Waals surface area contributed by atoms with Crippen LogP contribution in [0.15, 0.2) is 30.5 Å². The number of nitrogens with one attached hydrogen (secondary N) is 1. The number of methoxy groups -OCH3 is 1. The van der Waals surface area contributed by atoms with Crippen molar-refractivity contribution >= 4 is 11.6 Å². The molecule has 0 radical (unpaired) electrons. The van der Waals surface area contributed by atoms with E-state index in [2.05, 4.69) is 10.4 Å². The summed E-state index contributed by atoms with van der Waals surface area (Å²) in [5, 5.41) is 8.31. The molecule has 1 heterocycles. The molecule has 0 aliphatic heterocycles. The quantitative estimate of drug-likeness (QED) is 0.902. The van der Waals surface area contributed by atoms with Crippen LogP contribution in [0, 0.1) is 0 Å². The monoisotopic (exact) mass is 265 g/mol. The van der Waals surface area contributed by atoms with Gasteiger partial charge in [0.1, 0.15) is 5.75 Å². The summed E-state index contributed by atoms with van der Waals surface area (Å²) in [5.74, 6) is 0.802. The van der Waals surface area contributed by atoms with Crippen LogP contribution in [-0.2, 0) is 20.1 Å². The van der Waals surface area contributed by atoms with Crippen molar-refractivity contribution in [1.29, 1.82) is 0 Å². The third-order valence-electron chi connectivity index (χ3n) is 2.67. The van der Waals surface area contributed by atoms with Gasteiger partial charge < -0.3 is 10.1 Å². The van der Waals surface area contributed by atoms with Crippen LogP contribution in [0.3, 0.4) is 0 Å². The molecule has 18 heavy (non-hydrogen) atoms. The van der Waals surface area contributed by atoms with Crippen LogP contribution < -0.4 is 10.1 Å². The summed E-state index contributed by atoms with van der Waals surface area (Å²) in [6, 6.07) is 7.63. The molecule has 1 aromatic heterocycles. The van der Waals surface area contributed by atoms with Crippen LogP contribution in [0.1, 0.15) is 11.3 Å². The van der Waals surface area contributed by atoms with Crippen molar-refractivity contribution < 1.29 is 4.74 Å². The summed E-state index contributed by atoms with van der Waals surface area (Å²) >= 11 is 6.15. The minimum atomic E-state index is 0.652. The predicted molar refractivity (Wildman–Crippen MR) is 71.8 cm³/mol. The molecule has 0 unspecified atom stereocenters. The molecule has 0 atom stereocenters. The Morgan fingerprint density at radius 1 is 1.33 bits per heavy atom. The molecule has 2 aromatic rings. The molecule has 5 heteroatoms. The first-order valence-corrected chi connectivity index (χ1v) is 6.09.